The van der Waals surface area contributed by atoms with E-state index in [-0.39, 0.29) is 37.9 Å². The molecular weight excluding hydrogens is 778 g/mol. The second-order valence-corrected chi connectivity index (χ2v) is 17.9. The van der Waals surface area contributed by atoms with E-state index in [1.807, 2.05) is 103 Å². The van der Waals surface area contributed by atoms with Crippen LogP contribution in [0.4, 0.5) is 14.4 Å². The van der Waals surface area contributed by atoms with Crippen LogP contribution in [0.3, 0.4) is 0 Å². The van der Waals surface area contributed by atoms with Gasteiger partial charge in [0.05, 0.1) is 6.04 Å². The predicted octanol–water partition coefficient (Wildman–Crippen LogP) is 7.42. The van der Waals surface area contributed by atoms with Crippen molar-refractivity contribution in [2.45, 2.75) is 58.5 Å². The van der Waals surface area contributed by atoms with Crippen LogP contribution in [0.15, 0.2) is 152 Å². The van der Waals surface area contributed by atoms with Gasteiger partial charge >= 0.3 is 18.3 Å². The number of hydrogen-bond acceptors (Lipinski definition) is 9. The molecule has 0 radical (unpaired) electrons. The summed E-state index contributed by atoms with van der Waals surface area (Å²) < 4.78 is 16.4. The number of amides is 3. The largest absolute Gasteiger partial charge is 0.444 e. The van der Waals surface area contributed by atoms with Crippen LogP contribution in [0.2, 0.25) is 0 Å². The van der Waals surface area contributed by atoms with Gasteiger partial charge in [-0.1, -0.05) is 152 Å². The van der Waals surface area contributed by atoms with Crippen LogP contribution in [-0.4, -0.2) is 58.4 Å². The Kier molecular flexibility index (Phi) is 15.6. The number of rotatable bonds is 14. The van der Waals surface area contributed by atoms with E-state index in [4.69, 9.17) is 19.6 Å². The standard InChI is InChI=1S/C47H48N5O7P/c1-47(2,3)59-45(55)50-40(42(53)41(32-48)60(37-24-13-6-14-25-37,38-26-15-7-16-27-38)39-28-17-8-18-29-39)30-19-31-52(46(56)58-34-36-22-11-5-12-23-36)43(49)51-44(54)57-33-35-20-9-4-10-21-35/h4-18,20-29,40H,19,30-31,33-34H2,1-3H3,(H,50,55)(H2,49,51,54)/t40-/m0/s1. The maximum absolute atomic E-state index is 15.2. The molecule has 0 aliphatic heterocycles. The fourth-order valence-electron chi connectivity index (χ4n) is 6.44. The first-order valence-electron chi connectivity index (χ1n) is 19.3. The predicted molar refractivity (Wildman–Crippen MR) is 234 cm³/mol. The third-order valence-electron chi connectivity index (χ3n) is 9.12. The van der Waals surface area contributed by atoms with Crippen molar-refractivity contribution in [3.8, 4) is 6.07 Å². The lowest BCUT2D eigenvalue weighted by Crippen LogP contribution is -2.49. The van der Waals surface area contributed by atoms with Crippen LogP contribution in [0, 0.1) is 16.7 Å². The number of benzene rings is 5. The Hall–Kier alpha value is -6.96. The Bertz CT molecular complexity index is 2230. The van der Waals surface area contributed by atoms with Crippen LogP contribution in [0.25, 0.3) is 0 Å². The lowest BCUT2D eigenvalue weighted by atomic mass is 10.0. The number of Topliss-reactive ketones (excluding diaryl/α,β-unsaturated/α-hetero) is 1. The summed E-state index contributed by atoms with van der Waals surface area (Å²) in [6.07, 6.45) is -2.89. The van der Waals surface area contributed by atoms with Gasteiger partial charge in [-0.3, -0.25) is 15.5 Å². The molecule has 0 heterocycles. The number of hydrogen-bond donors (Lipinski definition) is 3. The molecule has 3 amide bonds. The first kappa shape index (κ1) is 44.1. The van der Waals surface area contributed by atoms with Crippen molar-refractivity contribution in [2.24, 2.45) is 0 Å². The maximum Gasteiger partial charge on any atom is 0.416 e. The van der Waals surface area contributed by atoms with Crippen molar-refractivity contribution in [1.82, 2.24) is 15.5 Å². The van der Waals surface area contributed by atoms with Gasteiger partial charge in [-0.2, -0.15) is 5.26 Å². The smallest absolute Gasteiger partial charge is 0.416 e. The number of ketones is 1. The molecule has 60 heavy (non-hydrogen) atoms. The normalized spacial score (nSPS) is 11.5. The van der Waals surface area contributed by atoms with Crippen LogP contribution >= 0.6 is 6.89 Å². The number of nitriles is 1. The Morgan fingerprint density at radius 3 is 1.55 bits per heavy atom. The van der Waals surface area contributed by atoms with Crippen molar-refractivity contribution in [2.75, 3.05) is 6.54 Å². The first-order valence-corrected chi connectivity index (χ1v) is 21.1. The summed E-state index contributed by atoms with van der Waals surface area (Å²) in [6.45, 7) is 1.46. The monoisotopic (exact) mass is 825 g/mol. The summed E-state index contributed by atoms with van der Waals surface area (Å²) >= 11 is 0. The minimum absolute atomic E-state index is 0.00191. The molecule has 0 unspecified atom stereocenters. The molecule has 5 rings (SSSR count). The first-order chi connectivity index (χ1) is 28.9. The Balaban J connectivity index is 1.50. The molecule has 13 heteroatoms. The highest BCUT2D eigenvalue weighted by Crippen LogP contribution is 2.46. The van der Waals surface area contributed by atoms with Crippen molar-refractivity contribution in [1.29, 1.82) is 10.7 Å². The maximum atomic E-state index is 15.2. The van der Waals surface area contributed by atoms with Gasteiger partial charge in [0.25, 0.3) is 0 Å². The van der Waals surface area contributed by atoms with Crippen molar-refractivity contribution < 1.29 is 33.4 Å². The summed E-state index contributed by atoms with van der Waals surface area (Å²) in [6, 6.07) is 47.0. The number of nitrogens with zero attached hydrogens (tertiary/aromatic N) is 2. The fourth-order valence-corrected chi connectivity index (χ4v) is 10.6. The molecule has 5 aromatic carbocycles. The van der Waals surface area contributed by atoms with Gasteiger partial charge in [-0.05, 0) is 67.5 Å². The van der Waals surface area contributed by atoms with Crippen molar-refractivity contribution in [3.63, 3.8) is 0 Å². The van der Waals surface area contributed by atoms with Gasteiger partial charge in [-0.25, -0.2) is 19.3 Å². The van der Waals surface area contributed by atoms with E-state index in [0.29, 0.717) is 5.56 Å². The number of alkyl carbamates (subject to hydrolysis) is 2. The van der Waals surface area contributed by atoms with Crippen LogP contribution in [0.1, 0.15) is 44.7 Å². The minimum Gasteiger partial charge on any atom is -0.444 e. The van der Waals surface area contributed by atoms with Gasteiger partial charge < -0.3 is 19.5 Å². The highest BCUT2D eigenvalue weighted by atomic mass is 31.2. The average molecular weight is 826 g/mol. The molecule has 0 bridgehead atoms. The summed E-state index contributed by atoms with van der Waals surface area (Å²) in [4.78, 5) is 55.9. The summed E-state index contributed by atoms with van der Waals surface area (Å²) in [7, 11) is 0. The van der Waals surface area contributed by atoms with Gasteiger partial charge in [0.1, 0.15) is 30.2 Å². The van der Waals surface area contributed by atoms with Gasteiger partial charge in [0.2, 0.25) is 5.96 Å². The molecular formula is C47H48N5O7P. The third kappa shape index (κ3) is 11.8. The van der Waals surface area contributed by atoms with E-state index >= 15 is 4.79 Å². The van der Waals surface area contributed by atoms with Crippen LogP contribution in [0.5, 0.6) is 0 Å². The van der Waals surface area contributed by atoms with Crippen LogP contribution in [-0.2, 0) is 32.2 Å². The zero-order chi connectivity index (χ0) is 43.0. The highest BCUT2D eigenvalue weighted by molar-refractivity contribution is 7.97. The molecule has 12 nitrogen and oxygen atoms in total. The topological polar surface area (TPSA) is 171 Å². The zero-order valence-corrected chi connectivity index (χ0v) is 34.6. The molecule has 308 valence electrons. The molecule has 0 spiro atoms. The Morgan fingerprint density at radius 2 is 1.12 bits per heavy atom. The van der Waals surface area contributed by atoms with Gasteiger partial charge in [0, 0.05) is 6.54 Å². The minimum atomic E-state index is -3.19. The summed E-state index contributed by atoms with van der Waals surface area (Å²) in [5.74, 6) is -1.26. The number of carbonyl (C=O) groups is 4. The summed E-state index contributed by atoms with van der Waals surface area (Å²) in [5.41, 5.74) is 0.503. The molecule has 0 aliphatic rings. The van der Waals surface area contributed by atoms with E-state index in [1.54, 1.807) is 69.3 Å². The van der Waals surface area contributed by atoms with Gasteiger partial charge in [0.15, 0.2) is 5.78 Å². The quantitative estimate of drug-likeness (QED) is 0.0450. The fraction of sp³-hybridized carbons (Fsp3) is 0.213. The van der Waals surface area contributed by atoms with E-state index in [9.17, 15) is 19.6 Å². The Morgan fingerprint density at radius 1 is 0.683 bits per heavy atom. The second kappa shape index (κ2) is 21.2. The van der Waals surface area contributed by atoms with Crippen molar-refractivity contribution in [3.05, 3.63) is 163 Å². The van der Waals surface area contributed by atoms with E-state index in [0.717, 1.165) is 26.4 Å². The second-order valence-electron chi connectivity index (χ2n) is 14.6. The van der Waals surface area contributed by atoms with E-state index in [2.05, 4.69) is 16.7 Å². The Labute approximate surface area is 350 Å². The SMILES string of the molecule is CC(C)(C)OC(=O)N[C@@H](CCCN(C(=N)NC(=O)OCc1ccccc1)C(=O)OCc1ccccc1)C(=O)C(C#N)=P(c1ccccc1)(c1ccccc1)c1ccccc1. The third-order valence-corrected chi connectivity index (χ3v) is 13.3. The highest BCUT2D eigenvalue weighted by Gasteiger charge is 2.37. The summed E-state index contributed by atoms with van der Waals surface area (Å²) in [5, 5.41) is 27.1. The van der Waals surface area contributed by atoms with Gasteiger partial charge in [-0.15, -0.1) is 0 Å². The number of carbonyl (C=O) groups excluding carboxylic acids is 4. The number of guanidine groups is 1. The van der Waals surface area contributed by atoms with Crippen LogP contribution < -0.4 is 26.5 Å². The molecule has 0 fully saturated rings. The zero-order valence-electron chi connectivity index (χ0n) is 33.7. The molecule has 0 aliphatic carbocycles. The molecule has 3 N–H and O–H groups in total. The van der Waals surface area contributed by atoms with Crippen molar-refractivity contribution >= 4 is 58.1 Å². The molecule has 0 aromatic heterocycles. The molecule has 0 saturated heterocycles. The average Bonchev–Trinajstić information content (AvgIpc) is 3.25. The molecule has 1 atom stereocenters. The lowest BCUT2D eigenvalue weighted by Gasteiger charge is -2.31. The number of nitrogens with one attached hydrogen (secondary N) is 3. The van der Waals surface area contributed by atoms with E-state index < -0.39 is 48.6 Å². The number of ether oxygens (including phenoxy) is 3. The van der Waals surface area contributed by atoms with E-state index in [1.165, 1.54) is 0 Å². The molecule has 5 aromatic rings. The lowest BCUT2D eigenvalue weighted by molar-refractivity contribution is -0.114. The molecule has 0 saturated carbocycles.